The third kappa shape index (κ3) is 4.36. The number of thioether (sulfide) groups is 1. The second-order valence-corrected chi connectivity index (χ2v) is 7.31. The molecule has 1 aliphatic heterocycles. The molecule has 0 saturated carbocycles. The molecule has 3 rings (SSSR count). The Kier molecular flexibility index (Phi) is 5.53. The van der Waals surface area contributed by atoms with Gasteiger partial charge in [0.1, 0.15) is 12.7 Å². The van der Waals surface area contributed by atoms with E-state index >= 15 is 0 Å². The molecule has 0 aromatic heterocycles. The minimum absolute atomic E-state index is 0.0302. The normalized spacial score (nSPS) is 17.2. The zero-order valence-electron chi connectivity index (χ0n) is 13.2. The Labute approximate surface area is 150 Å². The van der Waals surface area contributed by atoms with Crippen LogP contribution < -0.4 is 14.8 Å². The van der Waals surface area contributed by atoms with Crippen LogP contribution in [-0.2, 0) is 4.79 Å². The van der Waals surface area contributed by atoms with Crippen LogP contribution in [0.1, 0.15) is 6.92 Å². The molecule has 2 aromatic rings. The van der Waals surface area contributed by atoms with Crippen LogP contribution in [0.5, 0.6) is 11.5 Å². The van der Waals surface area contributed by atoms with Crippen LogP contribution in [0.3, 0.4) is 0 Å². The lowest BCUT2D eigenvalue weighted by Crippen LogP contribution is -2.42. The Morgan fingerprint density at radius 3 is 2.71 bits per heavy atom. The summed E-state index contributed by atoms with van der Waals surface area (Å²) < 4.78 is 11.5. The summed E-state index contributed by atoms with van der Waals surface area (Å²) in [6, 6.07) is 15.0. The van der Waals surface area contributed by atoms with Crippen LogP contribution in [-0.4, -0.2) is 30.4 Å². The van der Waals surface area contributed by atoms with Crippen LogP contribution in [0.25, 0.3) is 0 Å². The highest BCUT2D eigenvalue weighted by Crippen LogP contribution is 2.30. The number of hydrogen-bond donors (Lipinski definition) is 1. The highest BCUT2D eigenvalue weighted by molar-refractivity contribution is 8.00. The molecule has 1 amide bonds. The Bertz CT molecular complexity index is 708. The molecule has 4 nitrogen and oxygen atoms in total. The fraction of sp³-hybridized carbons (Fsp3) is 0.278. The zero-order chi connectivity index (χ0) is 16.9. The predicted octanol–water partition coefficient (Wildman–Crippen LogP) is 3.78. The summed E-state index contributed by atoms with van der Waals surface area (Å²) >= 11 is 7.36. The van der Waals surface area contributed by atoms with Gasteiger partial charge in [0.25, 0.3) is 0 Å². The first-order chi connectivity index (χ1) is 11.6. The van der Waals surface area contributed by atoms with Crippen LogP contribution in [0.15, 0.2) is 53.4 Å². The number of fused-ring (bicyclic) bond motifs is 1. The van der Waals surface area contributed by atoms with Crippen LogP contribution in [0.2, 0.25) is 5.02 Å². The van der Waals surface area contributed by atoms with Crippen LogP contribution in [0, 0.1) is 0 Å². The van der Waals surface area contributed by atoms with E-state index < -0.39 is 0 Å². The summed E-state index contributed by atoms with van der Waals surface area (Å²) in [5.41, 5.74) is 0. The van der Waals surface area contributed by atoms with Gasteiger partial charge in [-0.1, -0.05) is 23.7 Å². The molecule has 126 valence electrons. The summed E-state index contributed by atoms with van der Waals surface area (Å²) in [5, 5.41) is 3.40. The van der Waals surface area contributed by atoms with Gasteiger partial charge in [0.05, 0.1) is 11.8 Å². The fourth-order valence-electron chi connectivity index (χ4n) is 2.29. The van der Waals surface area contributed by atoms with Gasteiger partial charge in [-0.15, -0.1) is 11.8 Å². The molecule has 1 N–H and O–H groups in total. The van der Waals surface area contributed by atoms with Crippen molar-refractivity contribution in [2.24, 2.45) is 0 Å². The summed E-state index contributed by atoms with van der Waals surface area (Å²) in [5.74, 6) is 1.43. The van der Waals surface area contributed by atoms with Gasteiger partial charge in [-0.05, 0) is 43.3 Å². The summed E-state index contributed by atoms with van der Waals surface area (Å²) in [6.07, 6.45) is -0.184. The quantitative estimate of drug-likeness (QED) is 0.821. The van der Waals surface area contributed by atoms with E-state index in [9.17, 15) is 4.79 Å². The molecule has 0 aliphatic carbocycles. The minimum Gasteiger partial charge on any atom is -0.486 e. The number of para-hydroxylation sites is 2. The van der Waals surface area contributed by atoms with E-state index in [4.69, 9.17) is 21.1 Å². The van der Waals surface area contributed by atoms with E-state index in [0.717, 1.165) is 10.6 Å². The van der Waals surface area contributed by atoms with Crippen molar-refractivity contribution in [3.05, 3.63) is 53.6 Å². The van der Waals surface area contributed by atoms with Gasteiger partial charge in [-0.25, -0.2) is 0 Å². The van der Waals surface area contributed by atoms with Crippen LogP contribution in [0.4, 0.5) is 0 Å². The lowest BCUT2D eigenvalue weighted by atomic mass is 10.2. The Morgan fingerprint density at radius 2 is 1.96 bits per heavy atom. The highest BCUT2D eigenvalue weighted by atomic mass is 35.5. The Hall–Kier alpha value is -1.85. The SMILES string of the molecule is C[C@@H](Sc1ccc(Cl)cc1)C(=O)NC[C@@H]1COc2ccccc2O1. The van der Waals surface area contributed by atoms with Gasteiger partial charge in [-0.3, -0.25) is 4.79 Å². The number of nitrogens with one attached hydrogen (secondary N) is 1. The van der Waals surface area contributed by atoms with Gasteiger partial charge in [0, 0.05) is 9.92 Å². The highest BCUT2D eigenvalue weighted by Gasteiger charge is 2.22. The molecule has 2 atom stereocenters. The number of hydrogen-bond acceptors (Lipinski definition) is 4. The molecule has 0 saturated heterocycles. The third-order valence-electron chi connectivity index (χ3n) is 3.57. The summed E-state index contributed by atoms with van der Waals surface area (Å²) in [7, 11) is 0. The minimum atomic E-state index is -0.206. The number of halogens is 1. The van der Waals surface area contributed by atoms with Crippen molar-refractivity contribution in [3.8, 4) is 11.5 Å². The predicted molar refractivity (Wildman–Crippen MR) is 96.1 cm³/mol. The molecule has 0 spiro atoms. The molecule has 0 radical (unpaired) electrons. The van der Waals surface area contributed by atoms with Gasteiger partial charge in [0.2, 0.25) is 5.91 Å². The third-order valence-corrected chi connectivity index (χ3v) is 4.93. The maximum absolute atomic E-state index is 12.2. The maximum atomic E-state index is 12.2. The van der Waals surface area contributed by atoms with Crippen molar-refractivity contribution in [1.82, 2.24) is 5.32 Å². The van der Waals surface area contributed by atoms with Crippen molar-refractivity contribution < 1.29 is 14.3 Å². The van der Waals surface area contributed by atoms with Gasteiger partial charge >= 0.3 is 0 Å². The summed E-state index contributed by atoms with van der Waals surface area (Å²) in [4.78, 5) is 13.3. The zero-order valence-corrected chi connectivity index (χ0v) is 14.8. The molecular formula is C18H18ClNO3S. The monoisotopic (exact) mass is 363 g/mol. The lowest BCUT2D eigenvalue weighted by Gasteiger charge is -2.26. The van der Waals surface area contributed by atoms with E-state index in [2.05, 4.69) is 5.32 Å². The van der Waals surface area contributed by atoms with Crippen LogP contribution >= 0.6 is 23.4 Å². The Balaban J connectivity index is 1.48. The van der Waals surface area contributed by atoms with Gasteiger partial charge < -0.3 is 14.8 Å². The number of carbonyl (C=O) groups excluding carboxylic acids is 1. The second-order valence-electron chi connectivity index (χ2n) is 5.46. The van der Waals surface area contributed by atoms with Crippen molar-refractivity contribution in [1.29, 1.82) is 0 Å². The van der Waals surface area contributed by atoms with Crippen molar-refractivity contribution >= 4 is 29.3 Å². The molecule has 24 heavy (non-hydrogen) atoms. The number of ether oxygens (including phenoxy) is 2. The molecule has 2 aromatic carbocycles. The lowest BCUT2D eigenvalue weighted by molar-refractivity contribution is -0.120. The number of benzene rings is 2. The largest absolute Gasteiger partial charge is 0.486 e. The summed E-state index contributed by atoms with van der Waals surface area (Å²) in [6.45, 7) is 2.72. The average molecular weight is 364 g/mol. The standard InChI is InChI=1S/C18H18ClNO3S/c1-12(24-15-8-6-13(19)7-9-15)18(21)20-10-14-11-22-16-4-2-3-5-17(16)23-14/h2-9,12,14H,10-11H2,1H3,(H,20,21)/t12-,14-/m1/s1. The number of rotatable bonds is 5. The van der Waals surface area contributed by atoms with E-state index in [-0.39, 0.29) is 17.3 Å². The van der Waals surface area contributed by atoms with E-state index in [1.165, 1.54) is 11.8 Å². The van der Waals surface area contributed by atoms with Gasteiger partial charge in [-0.2, -0.15) is 0 Å². The molecule has 0 unspecified atom stereocenters. The first-order valence-corrected chi connectivity index (χ1v) is 8.96. The van der Waals surface area contributed by atoms with E-state index in [1.54, 1.807) is 0 Å². The van der Waals surface area contributed by atoms with Crippen molar-refractivity contribution in [2.45, 2.75) is 23.2 Å². The second kappa shape index (κ2) is 7.81. The first-order valence-electron chi connectivity index (χ1n) is 7.70. The molecule has 6 heteroatoms. The first kappa shape index (κ1) is 17.0. The maximum Gasteiger partial charge on any atom is 0.233 e. The molecule has 1 aliphatic rings. The number of carbonyl (C=O) groups is 1. The molecule has 1 heterocycles. The van der Waals surface area contributed by atoms with Crippen molar-refractivity contribution in [3.63, 3.8) is 0 Å². The Morgan fingerprint density at radius 1 is 1.25 bits per heavy atom. The average Bonchev–Trinajstić information content (AvgIpc) is 2.61. The van der Waals surface area contributed by atoms with Crippen molar-refractivity contribution in [2.75, 3.05) is 13.2 Å². The van der Waals surface area contributed by atoms with E-state index in [0.29, 0.717) is 23.9 Å². The topological polar surface area (TPSA) is 47.6 Å². The fourth-order valence-corrected chi connectivity index (χ4v) is 3.31. The smallest absolute Gasteiger partial charge is 0.233 e. The van der Waals surface area contributed by atoms with E-state index in [1.807, 2.05) is 55.5 Å². The molecule has 0 bridgehead atoms. The van der Waals surface area contributed by atoms with Gasteiger partial charge in [0.15, 0.2) is 11.5 Å². The molecular weight excluding hydrogens is 346 g/mol. The molecule has 0 fully saturated rings. The number of amides is 1.